The van der Waals surface area contributed by atoms with Crippen LogP contribution < -0.4 is 0 Å². The highest BCUT2D eigenvalue weighted by Gasteiger charge is 2.19. The molecule has 0 N–H and O–H groups in total. The summed E-state index contributed by atoms with van der Waals surface area (Å²) in [5.74, 6) is -1.04. The summed E-state index contributed by atoms with van der Waals surface area (Å²) in [6.45, 7) is 6.41. The average Bonchev–Trinajstić information content (AvgIpc) is 3.34. The molecule has 0 aliphatic rings. The Morgan fingerprint density at radius 3 is 1.09 bits per heavy atom. The zero-order valence-corrected chi connectivity index (χ0v) is 44.1. The van der Waals surface area contributed by atoms with Gasteiger partial charge in [0.05, 0.1) is 0 Å². The van der Waals surface area contributed by atoms with Crippen LogP contribution in [0.4, 0.5) is 0 Å². The van der Waals surface area contributed by atoms with Crippen LogP contribution in [0.3, 0.4) is 0 Å². The van der Waals surface area contributed by atoms with Gasteiger partial charge >= 0.3 is 17.9 Å². The van der Waals surface area contributed by atoms with Crippen LogP contribution in [-0.4, -0.2) is 37.2 Å². The van der Waals surface area contributed by atoms with E-state index >= 15 is 0 Å². The molecule has 0 saturated carbocycles. The Morgan fingerprint density at radius 2 is 0.647 bits per heavy atom. The second-order valence-corrected chi connectivity index (χ2v) is 18.1. The lowest BCUT2D eigenvalue weighted by atomic mass is 10.1. The maximum Gasteiger partial charge on any atom is 0.306 e. The highest BCUT2D eigenvalue weighted by molar-refractivity contribution is 5.71. The number of esters is 3. The van der Waals surface area contributed by atoms with E-state index in [-0.39, 0.29) is 44.0 Å². The third-order valence-corrected chi connectivity index (χ3v) is 11.5. The molecule has 0 fully saturated rings. The molecule has 1 unspecified atom stereocenters. The fourth-order valence-corrected chi connectivity index (χ4v) is 7.34. The lowest BCUT2D eigenvalue weighted by molar-refractivity contribution is -0.166. The largest absolute Gasteiger partial charge is 0.462 e. The first-order valence-corrected chi connectivity index (χ1v) is 27.9. The topological polar surface area (TPSA) is 78.9 Å². The monoisotopic (exact) mass is 943 g/mol. The quantitative estimate of drug-likeness (QED) is 0.0199. The summed E-state index contributed by atoms with van der Waals surface area (Å²) < 4.78 is 16.7. The van der Waals surface area contributed by atoms with Gasteiger partial charge in [-0.2, -0.15) is 0 Å². The van der Waals surface area contributed by atoms with E-state index < -0.39 is 6.10 Å². The summed E-state index contributed by atoms with van der Waals surface area (Å²) in [5, 5.41) is 0. The second kappa shape index (κ2) is 55.7. The van der Waals surface area contributed by atoms with Gasteiger partial charge in [-0.3, -0.25) is 14.4 Å². The van der Waals surface area contributed by atoms with Gasteiger partial charge in [-0.25, -0.2) is 0 Å². The predicted octanol–water partition coefficient (Wildman–Crippen LogP) is 18.7. The van der Waals surface area contributed by atoms with Crippen molar-refractivity contribution in [3.05, 3.63) is 109 Å². The van der Waals surface area contributed by atoms with Gasteiger partial charge in [0.15, 0.2) is 6.10 Å². The highest BCUT2D eigenvalue weighted by Crippen LogP contribution is 2.13. The third-order valence-electron chi connectivity index (χ3n) is 11.5. The van der Waals surface area contributed by atoms with Crippen LogP contribution in [0.25, 0.3) is 0 Å². The van der Waals surface area contributed by atoms with Crippen LogP contribution in [0.5, 0.6) is 0 Å². The smallest absolute Gasteiger partial charge is 0.306 e. The van der Waals surface area contributed by atoms with E-state index in [4.69, 9.17) is 14.2 Å². The molecule has 0 aliphatic heterocycles. The van der Waals surface area contributed by atoms with E-state index in [1.54, 1.807) is 0 Å². The van der Waals surface area contributed by atoms with Crippen molar-refractivity contribution in [1.82, 2.24) is 0 Å². The van der Waals surface area contributed by atoms with E-state index in [9.17, 15) is 14.4 Å². The predicted molar refractivity (Wildman–Crippen MR) is 293 cm³/mol. The van der Waals surface area contributed by atoms with Gasteiger partial charge in [0.2, 0.25) is 0 Å². The van der Waals surface area contributed by atoms with Gasteiger partial charge in [-0.15, -0.1) is 0 Å². The normalized spacial score (nSPS) is 12.9. The first kappa shape index (κ1) is 64.1. The van der Waals surface area contributed by atoms with E-state index in [1.165, 1.54) is 89.9 Å². The molecular formula is C62H102O6. The molecule has 6 nitrogen and oxygen atoms in total. The minimum Gasteiger partial charge on any atom is -0.462 e. The number of carbonyl (C=O) groups is 3. The Bertz CT molecular complexity index is 1410. The minimum absolute atomic E-state index is 0.120. The maximum absolute atomic E-state index is 12.8. The van der Waals surface area contributed by atoms with Gasteiger partial charge < -0.3 is 14.2 Å². The van der Waals surface area contributed by atoms with Crippen molar-refractivity contribution in [2.24, 2.45) is 0 Å². The average molecular weight is 943 g/mol. The minimum atomic E-state index is -0.825. The summed E-state index contributed by atoms with van der Waals surface area (Å²) in [4.78, 5) is 38.1. The fraction of sp³-hybridized carbons (Fsp3) is 0.661. The summed E-state index contributed by atoms with van der Waals surface area (Å²) in [7, 11) is 0. The Kier molecular flexibility index (Phi) is 52.4. The number of rotatable bonds is 49. The number of hydrogen-bond donors (Lipinski definition) is 0. The summed E-state index contributed by atoms with van der Waals surface area (Å²) >= 11 is 0. The van der Waals surface area contributed by atoms with E-state index in [0.717, 1.165) is 109 Å². The van der Waals surface area contributed by atoms with Crippen LogP contribution in [0.2, 0.25) is 0 Å². The maximum atomic E-state index is 12.8. The molecular weight excluding hydrogens is 841 g/mol. The van der Waals surface area contributed by atoms with Gasteiger partial charge in [0.25, 0.3) is 0 Å². The van der Waals surface area contributed by atoms with Crippen LogP contribution in [0.15, 0.2) is 109 Å². The molecule has 0 bridgehead atoms. The van der Waals surface area contributed by atoms with Gasteiger partial charge in [-0.05, 0) is 109 Å². The molecule has 68 heavy (non-hydrogen) atoms. The van der Waals surface area contributed by atoms with Crippen molar-refractivity contribution in [3.63, 3.8) is 0 Å². The van der Waals surface area contributed by atoms with Crippen LogP contribution in [-0.2, 0) is 28.6 Å². The molecule has 0 amide bonds. The zero-order valence-electron chi connectivity index (χ0n) is 44.1. The second-order valence-electron chi connectivity index (χ2n) is 18.1. The van der Waals surface area contributed by atoms with Crippen molar-refractivity contribution in [2.75, 3.05) is 13.2 Å². The number of allylic oxidation sites excluding steroid dienone is 18. The number of carbonyl (C=O) groups excluding carboxylic acids is 3. The van der Waals surface area contributed by atoms with E-state index in [1.807, 2.05) is 6.08 Å². The van der Waals surface area contributed by atoms with Crippen LogP contribution in [0.1, 0.15) is 245 Å². The standard InChI is InChI=1S/C62H102O6/c1-4-7-10-13-16-19-22-25-27-29-31-33-34-37-40-43-46-49-52-55-61(64)67-58-59(57-66-60(63)54-51-48-45-42-39-36-24-21-18-15-12-9-6-3)68-62(65)56-53-50-47-44-41-38-35-32-30-28-26-23-20-17-14-11-8-5-2/h7,10,16,19,25,27-28,30-33,35-37,39-40,45,48,59H,4-6,8-9,11-15,17-18,20-24,26,29,34,38,41-44,46-47,49-58H2,1-3H3/b10-7+,19-16+,27-25+,30-28+,33-31+,35-32+,39-36+,40-37+,48-45+. The fourth-order valence-electron chi connectivity index (χ4n) is 7.34. The molecule has 6 heteroatoms. The first-order valence-electron chi connectivity index (χ1n) is 27.9. The van der Waals surface area contributed by atoms with Gasteiger partial charge in [0.1, 0.15) is 13.2 Å². The number of ether oxygens (including phenoxy) is 3. The molecule has 0 aromatic rings. The Hall–Kier alpha value is -3.93. The summed E-state index contributed by atoms with van der Waals surface area (Å²) in [6, 6.07) is 0. The Labute approximate surface area is 419 Å². The molecule has 0 aromatic heterocycles. The lowest BCUT2D eigenvalue weighted by Crippen LogP contribution is -2.30. The first-order chi connectivity index (χ1) is 33.5. The van der Waals surface area contributed by atoms with Crippen molar-refractivity contribution in [3.8, 4) is 0 Å². The third kappa shape index (κ3) is 53.0. The lowest BCUT2D eigenvalue weighted by Gasteiger charge is -2.18. The van der Waals surface area contributed by atoms with Crippen LogP contribution in [0, 0.1) is 0 Å². The summed E-state index contributed by atoms with van der Waals surface area (Å²) in [5.41, 5.74) is 0. The van der Waals surface area contributed by atoms with Crippen molar-refractivity contribution >= 4 is 17.9 Å². The SMILES string of the molecule is CC/C=C/C/C=C/C/C=C/C/C=C/C/C=C/CCCCCC(=O)OCC(COC(=O)CC/C=C/C/C=C/CCCCCCCC)OC(=O)CCCCCCC/C=C/C=C/CCCCCCCCC. The molecule has 0 saturated heterocycles. The van der Waals surface area contributed by atoms with E-state index in [0.29, 0.717) is 12.8 Å². The number of hydrogen-bond acceptors (Lipinski definition) is 6. The van der Waals surface area contributed by atoms with Crippen molar-refractivity contribution in [2.45, 2.75) is 252 Å². The van der Waals surface area contributed by atoms with Gasteiger partial charge in [0, 0.05) is 19.3 Å². The molecule has 0 rings (SSSR count). The molecule has 386 valence electrons. The Morgan fingerprint density at radius 1 is 0.324 bits per heavy atom. The zero-order chi connectivity index (χ0) is 49.3. The van der Waals surface area contributed by atoms with Crippen molar-refractivity contribution < 1.29 is 28.6 Å². The van der Waals surface area contributed by atoms with Gasteiger partial charge in [-0.1, -0.05) is 226 Å². The molecule has 0 heterocycles. The summed E-state index contributed by atoms with van der Waals surface area (Å²) in [6.07, 6.45) is 75.2. The molecule has 0 spiro atoms. The molecule has 1 atom stereocenters. The van der Waals surface area contributed by atoms with E-state index in [2.05, 4.69) is 124 Å². The van der Waals surface area contributed by atoms with Crippen molar-refractivity contribution in [1.29, 1.82) is 0 Å². The number of unbranched alkanes of at least 4 members (excludes halogenated alkanes) is 21. The molecule has 0 aromatic carbocycles. The Balaban J connectivity index is 4.53. The highest BCUT2D eigenvalue weighted by atomic mass is 16.6. The van der Waals surface area contributed by atoms with Crippen LogP contribution >= 0.6 is 0 Å². The molecule has 0 aliphatic carbocycles. The molecule has 0 radical (unpaired) electrons.